The summed E-state index contributed by atoms with van der Waals surface area (Å²) in [6.45, 7) is 0. The van der Waals surface area contributed by atoms with Crippen molar-refractivity contribution in [3.8, 4) is 11.3 Å². The predicted molar refractivity (Wildman–Crippen MR) is 52.6 cm³/mol. The van der Waals surface area contributed by atoms with Crippen LogP contribution in [0.1, 0.15) is 0 Å². The van der Waals surface area contributed by atoms with Crippen LogP contribution in [-0.4, -0.2) is 14.3 Å². The number of hydrogen-bond donors (Lipinski definition) is 0. The number of nitrogens with zero attached hydrogens (tertiary/aromatic N) is 3. The summed E-state index contributed by atoms with van der Waals surface area (Å²) in [5.41, 5.74) is 2.05. The lowest BCUT2D eigenvalue weighted by Crippen LogP contribution is -1.92. The number of aromatic nitrogens is 3. The molecule has 0 bridgehead atoms. The standard InChI is InChI=1S/C9H10ClN3/c1-12-4-3-7(6-12)9-8(10)5-11-13(9)2/h3-6H,1-2H3. The number of halogens is 1. The molecule has 0 aliphatic rings. The molecule has 68 valence electrons. The van der Waals surface area contributed by atoms with Crippen molar-refractivity contribution in [1.82, 2.24) is 14.3 Å². The monoisotopic (exact) mass is 195 g/mol. The smallest absolute Gasteiger partial charge is 0.0880 e. The average Bonchev–Trinajstić information content (AvgIpc) is 2.60. The summed E-state index contributed by atoms with van der Waals surface area (Å²) in [5, 5.41) is 4.77. The Bertz CT molecular complexity index is 408. The Kier molecular flexibility index (Phi) is 1.88. The van der Waals surface area contributed by atoms with Crippen LogP contribution in [0.5, 0.6) is 0 Å². The van der Waals surface area contributed by atoms with Crippen molar-refractivity contribution >= 4 is 11.6 Å². The van der Waals surface area contributed by atoms with Crippen LogP contribution in [0.2, 0.25) is 5.02 Å². The zero-order valence-electron chi connectivity index (χ0n) is 7.53. The Morgan fingerprint density at radius 2 is 2.15 bits per heavy atom. The van der Waals surface area contributed by atoms with Gasteiger partial charge in [0.15, 0.2) is 0 Å². The van der Waals surface area contributed by atoms with Crippen molar-refractivity contribution in [3.05, 3.63) is 29.7 Å². The quantitative estimate of drug-likeness (QED) is 0.683. The summed E-state index contributed by atoms with van der Waals surface area (Å²) in [4.78, 5) is 0. The normalized spacial score (nSPS) is 10.7. The molecule has 0 saturated carbocycles. The summed E-state index contributed by atoms with van der Waals surface area (Å²) >= 11 is 6.00. The van der Waals surface area contributed by atoms with Crippen LogP contribution in [0.3, 0.4) is 0 Å². The first-order valence-corrected chi connectivity index (χ1v) is 4.36. The maximum absolute atomic E-state index is 6.00. The van der Waals surface area contributed by atoms with Crippen LogP contribution in [-0.2, 0) is 14.1 Å². The molecular formula is C9H10ClN3. The maximum Gasteiger partial charge on any atom is 0.0880 e. The van der Waals surface area contributed by atoms with E-state index in [2.05, 4.69) is 5.10 Å². The Morgan fingerprint density at radius 1 is 1.38 bits per heavy atom. The lowest BCUT2D eigenvalue weighted by Gasteiger charge is -1.98. The molecule has 0 unspecified atom stereocenters. The van der Waals surface area contributed by atoms with E-state index >= 15 is 0 Å². The molecule has 0 saturated heterocycles. The van der Waals surface area contributed by atoms with Gasteiger partial charge in [0.2, 0.25) is 0 Å². The summed E-state index contributed by atoms with van der Waals surface area (Å²) < 4.78 is 3.76. The molecule has 2 rings (SSSR count). The first-order chi connectivity index (χ1) is 6.18. The third-order valence-corrected chi connectivity index (χ3v) is 2.28. The summed E-state index contributed by atoms with van der Waals surface area (Å²) in [5.74, 6) is 0. The molecule has 3 nitrogen and oxygen atoms in total. The molecule has 0 aliphatic carbocycles. The molecule has 0 radical (unpaired) electrons. The molecule has 0 spiro atoms. The lowest BCUT2D eigenvalue weighted by atomic mass is 10.2. The summed E-state index contributed by atoms with van der Waals surface area (Å²) in [6.07, 6.45) is 5.66. The van der Waals surface area contributed by atoms with Crippen LogP contribution in [0.25, 0.3) is 11.3 Å². The fourth-order valence-electron chi connectivity index (χ4n) is 1.38. The first-order valence-electron chi connectivity index (χ1n) is 3.98. The van der Waals surface area contributed by atoms with E-state index in [1.807, 2.05) is 37.1 Å². The summed E-state index contributed by atoms with van der Waals surface area (Å²) in [7, 11) is 3.86. The topological polar surface area (TPSA) is 22.8 Å². The second-order valence-electron chi connectivity index (χ2n) is 3.03. The van der Waals surface area contributed by atoms with Gasteiger partial charge in [-0.2, -0.15) is 5.10 Å². The van der Waals surface area contributed by atoms with Gasteiger partial charge in [0.25, 0.3) is 0 Å². The fourth-order valence-corrected chi connectivity index (χ4v) is 1.65. The highest BCUT2D eigenvalue weighted by Crippen LogP contribution is 2.26. The average molecular weight is 196 g/mol. The fraction of sp³-hybridized carbons (Fsp3) is 0.222. The minimum Gasteiger partial charge on any atom is -0.357 e. The van der Waals surface area contributed by atoms with Crippen LogP contribution >= 0.6 is 11.6 Å². The maximum atomic E-state index is 6.00. The van der Waals surface area contributed by atoms with Crippen molar-refractivity contribution < 1.29 is 0 Å². The van der Waals surface area contributed by atoms with Gasteiger partial charge in [-0.1, -0.05) is 11.6 Å². The largest absolute Gasteiger partial charge is 0.357 e. The van der Waals surface area contributed by atoms with E-state index in [-0.39, 0.29) is 0 Å². The molecule has 2 aromatic rings. The van der Waals surface area contributed by atoms with E-state index < -0.39 is 0 Å². The molecule has 13 heavy (non-hydrogen) atoms. The predicted octanol–water partition coefficient (Wildman–Crippen LogP) is 2.08. The van der Waals surface area contributed by atoms with E-state index in [0.717, 1.165) is 11.3 Å². The molecule has 0 N–H and O–H groups in total. The van der Waals surface area contributed by atoms with Crippen molar-refractivity contribution in [2.45, 2.75) is 0 Å². The van der Waals surface area contributed by atoms with Crippen molar-refractivity contribution in [1.29, 1.82) is 0 Å². The van der Waals surface area contributed by atoms with Crippen molar-refractivity contribution in [2.24, 2.45) is 14.1 Å². The van der Waals surface area contributed by atoms with Gasteiger partial charge in [0.05, 0.1) is 16.9 Å². The highest BCUT2D eigenvalue weighted by atomic mass is 35.5. The second kappa shape index (κ2) is 2.92. The van der Waals surface area contributed by atoms with Gasteiger partial charge in [-0.15, -0.1) is 0 Å². The highest BCUT2D eigenvalue weighted by molar-refractivity contribution is 6.33. The zero-order chi connectivity index (χ0) is 9.42. The van der Waals surface area contributed by atoms with Gasteiger partial charge in [0.1, 0.15) is 0 Å². The number of hydrogen-bond acceptors (Lipinski definition) is 1. The summed E-state index contributed by atoms with van der Waals surface area (Å²) in [6, 6.07) is 2.02. The van der Waals surface area contributed by atoms with Crippen molar-refractivity contribution in [3.63, 3.8) is 0 Å². The van der Waals surface area contributed by atoms with E-state index in [1.54, 1.807) is 10.9 Å². The molecule has 0 fully saturated rings. The number of aryl methyl sites for hydroxylation is 2. The van der Waals surface area contributed by atoms with Crippen LogP contribution in [0.4, 0.5) is 0 Å². The van der Waals surface area contributed by atoms with E-state index in [9.17, 15) is 0 Å². The van der Waals surface area contributed by atoms with Crippen molar-refractivity contribution in [2.75, 3.05) is 0 Å². The third-order valence-electron chi connectivity index (χ3n) is 2.00. The van der Waals surface area contributed by atoms with Gasteiger partial charge < -0.3 is 4.57 Å². The lowest BCUT2D eigenvalue weighted by molar-refractivity contribution is 0.775. The number of rotatable bonds is 1. The molecule has 2 aromatic heterocycles. The molecule has 0 aromatic carbocycles. The van der Waals surface area contributed by atoms with Gasteiger partial charge in [-0.3, -0.25) is 4.68 Å². The van der Waals surface area contributed by atoms with Crippen LogP contribution in [0.15, 0.2) is 24.7 Å². The zero-order valence-corrected chi connectivity index (χ0v) is 8.28. The van der Waals surface area contributed by atoms with Crippen LogP contribution < -0.4 is 0 Å². The Hall–Kier alpha value is -1.22. The Morgan fingerprint density at radius 3 is 2.62 bits per heavy atom. The van der Waals surface area contributed by atoms with E-state index in [1.165, 1.54) is 0 Å². The Balaban J connectivity index is 2.57. The molecule has 4 heteroatoms. The van der Waals surface area contributed by atoms with Gasteiger partial charge in [-0.25, -0.2) is 0 Å². The van der Waals surface area contributed by atoms with Gasteiger partial charge in [-0.05, 0) is 6.07 Å². The molecule has 0 aliphatic heterocycles. The molecule has 2 heterocycles. The molecule has 0 amide bonds. The highest BCUT2D eigenvalue weighted by Gasteiger charge is 2.09. The second-order valence-corrected chi connectivity index (χ2v) is 3.44. The first kappa shape index (κ1) is 8.38. The van der Waals surface area contributed by atoms with E-state index in [0.29, 0.717) is 5.02 Å². The SMILES string of the molecule is Cn1ccc(-c2c(Cl)cnn2C)c1. The van der Waals surface area contributed by atoms with Gasteiger partial charge >= 0.3 is 0 Å². The molecular weight excluding hydrogens is 186 g/mol. The minimum atomic E-state index is 0.689. The minimum absolute atomic E-state index is 0.689. The van der Waals surface area contributed by atoms with Crippen LogP contribution in [0, 0.1) is 0 Å². The van der Waals surface area contributed by atoms with Gasteiger partial charge in [0, 0.05) is 32.1 Å². The third kappa shape index (κ3) is 1.35. The Labute approximate surface area is 81.5 Å². The molecule has 0 atom stereocenters. The van der Waals surface area contributed by atoms with E-state index in [4.69, 9.17) is 11.6 Å².